The minimum absolute atomic E-state index is 0.0575. The van der Waals surface area contributed by atoms with E-state index in [2.05, 4.69) is 0 Å². The Morgan fingerprint density at radius 3 is 2.58 bits per heavy atom. The monoisotopic (exact) mass is 358 g/mol. The van der Waals surface area contributed by atoms with E-state index in [1.54, 1.807) is 0 Å². The number of carbonyl (C=O) groups is 3. The van der Waals surface area contributed by atoms with Crippen LogP contribution in [-0.4, -0.2) is 41.1 Å². The Hall–Kier alpha value is -3.62. The molecule has 0 bridgehead atoms. The topological polar surface area (TPSA) is 107 Å². The van der Waals surface area contributed by atoms with E-state index in [1.165, 1.54) is 31.4 Å². The van der Waals surface area contributed by atoms with E-state index in [4.69, 9.17) is 4.74 Å². The number of nitrogens with zero attached hydrogens (tertiary/aromatic N) is 2. The van der Waals surface area contributed by atoms with E-state index < -0.39 is 40.6 Å². The molecule has 9 heteroatoms. The number of imide groups is 1. The van der Waals surface area contributed by atoms with Gasteiger partial charge in [-0.1, -0.05) is 6.07 Å². The molecule has 0 fully saturated rings. The summed E-state index contributed by atoms with van der Waals surface area (Å²) < 4.78 is 18.5. The van der Waals surface area contributed by atoms with Gasteiger partial charge in [-0.2, -0.15) is 0 Å². The average molecular weight is 358 g/mol. The summed E-state index contributed by atoms with van der Waals surface area (Å²) in [7, 11) is 1.27. The zero-order valence-corrected chi connectivity index (χ0v) is 13.4. The van der Waals surface area contributed by atoms with Crippen molar-refractivity contribution in [3.05, 3.63) is 69.0 Å². The highest BCUT2D eigenvalue weighted by atomic mass is 19.1. The van der Waals surface area contributed by atoms with Gasteiger partial charge in [0.25, 0.3) is 17.5 Å². The van der Waals surface area contributed by atoms with Crippen LogP contribution >= 0.6 is 0 Å². The van der Waals surface area contributed by atoms with Crippen LogP contribution in [-0.2, 0) is 0 Å². The number of ketones is 1. The predicted molar refractivity (Wildman–Crippen MR) is 85.7 cm³/mol. The molecule has 8 nitrogen and oxygen atoms in total. The second kappa shape index (κ2) is 6.36. The SMILES string of the molecule is COc1ccc(C(=O)CN2C(=O)c3cccc([N+](=O)[O-])c3C2=O)cc1F. The van der Waals surface area contributed by atoms with E-state index >= 15 is 0 Å². The van der Waals surface area contributed by atoms with Crippen molar-refractivity contribution >= 4 is 23.3 Å². The van der Waals surface area contributed by atoms with E-state index in [1.807, 2.05) is 0 Å². The van der Waals surface area contributed by atoms with Crippen LogP contribution in [0.1, 0.15) is 31.1 Å². The van der Waals surface area contributed by atoms with E-state index in [9.17, 15) is 28.9 Å². The number of amides is 2. The molecule has 0 spiro atoms. The van der Waals surface area contributed by atoms with Crippen LogP contribution in [0.25, 0.3) is 0 Å². The summed E-state index contributed by atoms with van der Waals surface area (Å²) in [6.07, 6.45) is 0. The summed E-state index contributed by atoms with van der Waals surface area (Å²) in [5, 5.41) is 11.1. The van der Waals surface area contributed by atoms with E-state index in [0.717, 1.165) is 12.1 Å². The zero-order chi connectivity index (χ0) is 19.0. The number of fused-ring (bicyclic) bond motifs is 1. The zero-order valence-electron chi connectivity index (χ0n) is 13.4. The van der Waals surface area contributed by atoms with Crippen LogP contribution in [0.5, 0.6) is 5.75 Å². The Morgan fingerprint density at radius 1 is 1.23 bits per heavy atom. The van der Waals surface area contributed by atoms with Crippen LogP contribution in [0.3, 0.4) is 0 Å². The Morgan fingerprint density at radius 2 is 1.96 bits per heavy atom. The van der Waals surface area contributed by atoms with Gasteiger partial charge in [-0.05, 0) is 24.3 Å². The molecule has 0 unspecified atom stereocenters. The Bertz CT molecular complexity index is 972. The number of carbonyl (C=O) groups excluding carboxylic acids is 3. The maximum atomic E-state index is 13.7. The van der Waals surface area contributed by atoms with Gasteiger partial charge in [-0.15, -0.1) is 0 Å². The molecule has 0 N–H and O–H groups in total. The minimum Gasteiger partial charge on any atom is -0.494 e. The van der Waals surface area contributed by atoms with Gasteiger partial charge in [0, 0.05) is 11.6 Å². The third kappa shape index (κ3) is 2.69. The highest BCUT2D eigenvalue weighted by Gasteiger charge is 2.41. The summed E-state index contributed by atoms with van der Waals surface area (Å²) in [6, 6.07) is 7.14. The molecule has 0 atom stereocenters. The number of rotatable bonds is 5. The maximum Gasteiger partial charge on any atom is 0.282 e. The highest BCUT2D eigenvalue weighted by Crippen LogP contribution is 2.30. The quantitative estimate of drug-likeness (QED) is 0.351. The number of Topliss-reactive ketones (excluding diaryl/α,β-unsaturated/α-hetero) is 1. The van der Waals surface area contributed by atoms with Crippen LogP contribution < -0.4 is 4.74 Å². The average Bonchev–Trinajstić information content (AvgIpc) is 2.86. The molecule has 1 aliphatic heterocycles. The first-order chi connectivity index (χ1) is 12.3. The fraction of sp³-hybridized carbons (Fsp3) is 0.118. The minimum atomic E-state index is -0.931. The second-order valence-corrected chi connectivity index (χ2v) is 5.43. The number of hydrogen-bond acceptors (Lipinski definition) is 6. The van der Waals surface area contributed by atoms with Gasteiger partial charge in [-0.3, -0.25) is 29.4 Å². The lowest BCUT2D eigenvalue weighted by atomic mass is 10.1. The highest BCUT2D eigenvalue weighted by molar-refractivity contribution is 6.24. The maximum absolute atomic E-state index is 13.7. The molecular weight excluding hydrogens is 347 g/mol. The Balaban J connectivity index is 1.90. The van der Waals surface area contributed by atoms with Gasteiger partial charge in [0.1, 0.15) is 5.56 Å². The summed E-state index contributed by atoms with van der Waals surface area (Å²) in [6.45, 7) is -0.657. The number of methoxy groups -OCH3 is 1. The molecular formula is C17H11FN2O6. The van der Waals surface area contributed by atoms with Crippen LogP contribution in [0, 0.1) is 15.9 Å². The second-order valence-electron chi connectivity index (χ2n) is 5.43. The standard InChI is InChI=1S/C17H11FN2O6/c1-26-14-6-5-9(7-11(14)18)13(21)8-19-16(22)10-3-2-4-12(20(24)25)15(10)17(19)23/h2-7H,8H2,1H3. The van der Waals surface area contributed by atoms with Crippen LogP contribution in [0.2, 0.25) is 0 Å². The van der Waals surface area contributed by atoms with Gasteiger partial charge in [-0.25, -0.2) is 4.39 Å². The molecule has 0 radical (unpaired) electrons. The molecule has 26 heavy (non-hydrogen) atoms. The third-order valence-electron chi connectivity index (χ3n) is 3.95. The first-order valence-electron chi connectivity index (χ1n) is 7.35. The molecule has 2 aromatic carbocycles. The van der Waals surface area contributed by atoms with Crippen molar-refractivity contribution in [1.82, 2.24) is 4.90 Å². The van der Waals surface area contributed by atoms with Crippen molar-refractivity contribution in [2.75, 3.05) is 13.7 Å². The van der Waals surface area contributed by atoms with Crippen molar-refractivity contribution < 1.29 is 28.4 Å². The van der Waals surface area contributed by atoms with Crippen molar-refractivity contribution in [3.63, 3.8) is 0 Å². The Labute approximate surface area is 145 Å². The van der Waals surface area contributed by atoms with Gasteiger partial charge in [0.15, 0.2) is 17.3 Å². The molecule has 0 aromatic heterocycles. The molecule has 1 heterocycles. The van der Waals surface area contributed by atoms with Crippen molar-refractivity contribution in [2.24, 2.45) is 0 Å². The Kier molecular flexibility index (Phi) is 4.21. The molecule has 1 aliphatic rings. The normalized spacial score (nSPS) is 12.9. The summed E-state index contributed by atoms with van der Waals surface area (Å²) in [5.41, 5.74) is -1.06. The molecule has 0 saturated carbocycles. The number of halogens is 1. The van der Waals surface area contributed by atoms with E-state index in [-0.39, 0.29) is 22.4 Å². The van der Waals surface area contributed by atoms with Gasteiger partial charge in [0.05, 0.1) is 24.1 Å². The van der Waals surface area contributed by atoms with E-state index in [0.29, 0.717) is 4.90 Å². The van der Waals surface area contributed by atoms with Crippen LogP contribution in [0.4, 0.5) is 10.1 Å². The fourth-order valence-corrected chi connectivity index (χ4v) is 2.69. The van der Waals surface area contributed by atoms with Gasteiger partial charge >= 0.3 is 0 Å². The number of nitro benzene ring substituents is 1. The largest absolute Gasteiger partial charge is 0.494 e. The number of nitro groups is 1. The molecule has 2 aromatic rings. The molecule has 132 valence electrons. The first-order valence-corrected chi connectivity index (χ1v) is 7.35. The smallest absolute Gasteiger partial charge is 0.282 e. The number of hydrogen-bond donors (Lipinski definition) is 0. The van der Waals surface area contributed by atoms with Crippen molar-refractivity contribution in [2.45, 2.75) is 0 Å². The van der Waals surface area contributed by atoms with Gasteiger partial charge < -0.3 is 4.74 Å². The van der Waals surface area contributed by atoms with Crippen molar-refractivity contribution in [3.8, 4) is 5.75 Å². The molecule has 3 rings (SSSR count). The fourth-order valence-electron chi connectivity index (χ4n) is 2.69. The molecule has 0 saturated heterocycles. The predicted octanol–water partition coefficient (Wildman–Crippen LogP) is 2.22. The first kappa shape index (κ1) is 17.2. The molecule has 0 aliphatic carbocycles. The van der Waals surface area contributed by atoms with Crippen LogP contribution in [0.15, 0.2) is 36.4 Å². The summed E-state index contributed by atoms with van der Waals surface area (Å²) in [4.78, 5) is 48.0. The lowest BCUT2D eigenvalue weighted by molar-refractivity contribution is -0.385. The lowest BCUT2D eigenvalue weighted by Crippen LogP contribution is -2.35. The van der Waals surface area contributed by atoms with Crippen molar-refractivity contribution in [1.29, 1.82) is 0 Å². The third-order valence-corrected chi connectivity index (χ3v) is 3.95. The number of ether oxygens (including phenoxy) is 1. The molecule has 2 amide bonds. The summed E-state index contributed by atoms with van der Waals surface area (Å²) >= 11 is 0. The summed E-state index contributed by atoms with van der Waals surface area (Å²) in [5.74, 6) is -3.26. The lowest BCUT2D eigenvalue weighted by Gasteiger charge is -2.13. The van der Waals surface area contributed by atoms with Gasteiger partial charge in [0.2, 0.25) is 0 Å². The number of benzene rings is 2.